The number of rotatable bonds is 0. The minimum Gasteiger partial charge on any atom is -0.493 e. The van der Waals surface area contributed by atoms with Crippen LogP contribution in [-0.4, -0.2) is 12.5 Å². The fourth-order valence-electron chi connectivity index (χ4n) is 0.532. The SMILES string of the molecule is Cn1cc(O)n(I)c1=N. The number of aryl methyl sites for hydroxylation is 1. The molecule has 1 aromatic heterocycles. The zero-order valence-electron chi connectivity index (χ0n) is 4.80. The molecule has 0 fully saturated rings. The van der Waals surface area contributed by atoms with Crippen molar-refractivity contribution in [2.45, 2.75) is 0 Å². The van der Waals surface area contributed by atoms with Crippen molar-refractivity contribution in [2.24, 2.45) is 7.05 Å². The number of halogens is 1. The molecular weight excluding hydrogens is 233 g/mol. The van der Waals surface area contributed by atoms with E-state index in [9.17, 15) is 0 Å². The molecule has 0 aliphatic heterocycles. The number of nitrogens with one attached hydrogen (secondary N) is 1. The van der Waals surface area contributed by atoms with Crippen LogP contribution in [0.3, 0.4) is 0 Å². The first-order valence-electron chi connectivity index (χ1n) is 2.31. The van der Waals surface area contributed by atoms with Gasteiger partial charge >= 0.3 is 0 Å². The Morgan fingerprint density at radius 3 is 2.44 bits per heavy atom. The summed E-state index contributed by atoms with van der Waals surface area (Å²) in [4.78, 5) is 0. The first kappa shape index (κ1) is 6.66. The lowest BCUT2D eigenvalue weighted by atomic mass is 10.8. The van der Waals surface area contributed by atoms with Crippen LogP contribution in [0, 0.1) is 5.41 Å². The molecule has 4 nitrogen and oxygen atoms in total. The highest BCUT2D eigenvalue weighted by atomic mass is 127. The number of aromatic hydroxyl groups is 1. The number of nitrogens with zero attached hydrogens (tertiary/aromatic N) is 2. The largest absolute Gasteiger partial charge is 0.493 e. The quantitative estimate of drug-likeness (QED) is 0.624. The molecule has 5 heteroatoms. The maximum Gasteiger partial charge on any atom is 0.219 e. The van der Waals surface area contributed by atoms with Crippen molar-refractivity contribution in [3.05, 3.63) is 11.8 Å². The molecule has 0 saturated heterocycles. The van der Waals surface area contributed by atoms with E-state index in [1.807, 2.05) is 22.9 Å². The number of hydrogen-bond donors (Lipinski definition) is 2. The highest BCUT2D eigenvalue weighted by Crippen LogP contribution is 2.06. The second-order valence-corrected chi connectivity index (χ2v) is 2.67. The Morgan fingerprint density at radius 2 is 2.33 bits per heavy atom. The van der Waals surface area contributed by atoms with E-state index in [0.29, 0.717) is 0 Å². The molecule has 0 aliphatic carbocycles. The number of hydrogen-bond acceptors (Lipinski definition) is 2. The molecule has 1 heterocycles. The fraction of sp³-hybridized carbons (Fsp3) is 0.250. The van der Waals surface area contributed by atoms with Crippen LogP contribution in [0.1, 0.15) is 0 Å². The van der Waals surface area contributed by atoms with Crippen molar-refractivity contribution in [1.82, 2.24) is 7.35 Å². The van der Waals surface area contributed by atoms with Crippen molar-refractivity contribution >= 4 is 22.9 Å². The van der Waals surface area contributed by atoms with Gasteiger partial charge in [0.15, 0.2) is 0 Å². The molecule has 0 radical (unpaired) electrons. The highest BCUT2D eigenvalue weighted by molar-refractivity contribution is 14.1. The first-order valence-corrected chi connectivity index (χ1v) is 3.27. The van der Waals surface area contributed by atoms with Crippen LogP contribution in [-0.2, 0) is 7.05 Å². The van der Waals surface area contributed by atoms with E-state index in [2.05, 4.69) is 0 Å². The Hall–Kier alpha value is -0.460. The van der Waals surface area contributed by atoms with Gasteiger partial charge in [-0.2, -0.15) is 0 Å². The average molecular weight is 239 g/mol. The van der Waals surface area contributed by atoms with E-state index in [0.717, 1.165) is 0 Å². The van der Waals surface area contributed by atoms with Gasteiger partial charge in [0.2, 0.25) is 11.5 Å². The molecule has 0 bridgehead atoms. The zero-order chi connectivity index (χ0) is 7.02. The topological polar surface area (TPSA) is 53.9 Å². The Balaban J connectivity index is 3.48. The number of aromatic nitrogens is 2. The van der Waals surface area contributed by atoms with Crippen molar-refractivity contribution < 1.29 is 5.11 Å². The van der Waals surface area contributed by atoms with Gasteiger partial charge in [-0.15, -0.1) is 0 Å². The third kappa shape index (κ3) is 0.958. The molecule has 1 rings (SSSR count). The van der Waals surface area contributed by atoms with Crippen LogP contribution in [0.4, 0.5) is 0 Å². The summed E-state index contributed by atoms with van der Waals surface area (Å²) in [6.45, 7) is 0. The van der Waals surface area contributed by atoms with Crippen molar-refractivity contribution in [3.63, 3.8) is 0 Å². The Morgan fingerprint density at radius 1 is 1.78 bits per heavy atom. The van der Waals surface area contributed by atoms with Crippen LogP contribution in [0.15, 0.2) is 6.20 Å². The maximum atomic E-state index is 8.94. The van der Waals surface area contributed by atoms with Gasteiger partial charge in [0.1, 0.15) is 0 Å². The molecule has 50 valence electrons. The van der Waals surface area contributed by atoms with E-state index in [-0.39, 0.29) is 11.5 Å². The molecule has 0 aromatic carbocycles. The van der Waals surface area contributed by atoms with Crippen LogP contribution in [0.2, 0.25) is 0 Å². The predicted molar refractivity (Wildman–Crippen MR) is 40.3 cm³/mol. The second-order valence-electron chi connectivity index (χ2n) is 1.70. The highest BCUT2D eigenvalue weighted by Gasteiger charge is 1.98. The van der Waals surface area contributed by atoms with Crippen LogP contribution in [0.5, 0.6) is 5.88 Å². The fourth-order valence-corrected chi connectivity index (χ4v) is 0.997. The van der Waals surface area contributed by atoms with Gasteiger partial charge in [0.05, 0.1) is 29.1 Å². The Kier molecular flexibility index (Phi) is 1.52. The van der Waals surface area contributed by atoms with Gasteiger partial charge in [-0.3, -0.25) is 5.41 Å². The van der Waals surface area contributed by atoms with Gasteiger partial charge in [0.25, 0.3) is 0 Å². The van der Waals surface area contributed by atoms with Crippen LogP contribution >= 0.6 is 22.9 Å². The molecule has 0 atom stereocenters. The summed E-state index contributed by atoms with van der Waals surface area (Å²) >= 11 is 1.85. The van der Waals surface area contributed by atoms with Crippen molar-refractivity contribution in [1.29, 1.82) is 5.41 Å². The second kappa shape index (κ2) is 2.05. The summed E-state index contributed by atoms with van der Waals surface area (Å²) in [6, 6.07) is 0. The molecule has 0 saturated carbocycles. The van der Waals surface area contributed by atoms with E-state index in [1.165, 1.54) is 13.5 Å². The lowest BCUT2D eigenvalue weighted by molar-refractivity contribution is 0.452. The maximum absolute atomic E-state index is 8.94. The minimum atomic E-state index is 0.100. The van der Waals surface area contributed by atoms with Crippen LogP contribution < -0.4 is 5.62 Å². The molecule has 1 aromatic rings. The van der Waals surface area contributed by atoms with Gasteiger partial charge in [0, 0.05) is 7.05 Å². The molecule has 0 amide bonds. The summed E-state index contributed by atoms with van der Waals surface area (Å²) in [7, 11) is 1.71. The summed E-state index contributed by atoms with van der Waals surface area (Å²) in [5, 5.41) is 16.2. The third-order valence-corrected chi connectivity index (χ3v) is 1.98. The summed E-state index contributed by atoms with van der Waals surface area (Å²) in [5.41, 5.74) is 0.271. The molecule has 0 spiro atoms. The van der Waals surface area contributed by atoms with Gasteiger partial charge in [-0.1, -0.05) is 0 Å². The average Bonchev–Trinajstić information content (AvgIpc) is 1.98. The summed E-state index contributed by atoms with van der Waals surface area (Å²) < 4.78 is 2.89. The first-order chi connectivity index (χ1) is 4.13. The van der Waals surface area contributed by atoms with E-state index in [1.54, 1.807) is 7.05 Å². The van der Waals surface area contributed by atoms with Gasteiger partial charge in [-0.25, -0.2) is 2.78 Å². The molecular formula is C4H6IN3O. The summed E-state index contributed by atoms with van der Waals surface area (Å²) in [6.07, 6.45) is 1.48. The molecule has 0 unspecified atom stereocenters. The van der Waals surface area contributed by atoms with Crippen LogP contribution in [0.25, 0.3) is 0 Å². The smallest absolute Gasteiger partial charge is 0.219 e. The Bertz CT molecular complexity index is 274. The monoisotopic (exact) mass is 239 g/mol. The minimum absolute atomic E-state index is 0.100. The number of imidazole rings is 1. The normalized spacial score (nSPS) is 10.0. The lowest BCUT2D eigenvalue weighted by Crippen LogP contribution is -2.16. The summed E-state index contributed by atoms with van der Waals surface area (Å²) in [5.74, 6) is 0.100. The molecule has 2 N–H and O–H groups in total. The van der Waals surface area contributed by atoms with E-state index < -0.39 is 0 Å². The van der Waals surface area contributed by atoms with Crippen molar-refractivity contribution in [3.8, 4) is 5.88 Å². The molecule has 9 heavy (non-hydrogen) atoms. The van der Waals surface area contributed by atoms with Crippen molar-refractivity contribution in [2.75, 3.05) is 0 Å². The van der Waals surface area contributed by atoms with E-state index in [4.69, 9.17) is 10.5 Å². The van der Waals surface area contributed by atoms with Gasteiger partial charge in [-0.05, 0) is 0 Å². The lowest BCUT2D eigenvalue weighted by Gasteiger charge is -1.85. The molecule has 0 aliphatic rings. The zero-order valence-corrected chi connectivity index (χ0v) is 6.95. The Labute approximate surface area is 65.7 Å². The third-order valence-electron chi connectivity index (χ3n) is 1.03. The standard InChI is InChI=1S/C4H6IN3O/c1-7-2-3(9)8(5)4(7)6/h2,6,9H,1H3. The van der Waals surface area contributed by atoms with E-state index >= 15 is 0 Å². The predicted octanol–water partition coefficient (Wildman–Crippen LogP) is 0.210. The van der Waals surface area contributed by atoms with Gasteiger partial charge < -0.3 is 9.67 Å².